The number of methoxy groups -OCH3 is 1. The molecule has 0 radical (unpaired) electrons. The van der Waals surface area contributed by atoms with Crippen LogP contribution in [0.4, 0.5) is 11.4 Å². The second kappa shape index (κ2) is 6.45. The zero-order chi connectivity index (χ0) is 15.4. The molecule has 0 saturated carbocycles. The number of benzene rings is 2. The van der Waals surface area contributed by atoms with Crippen LogP contribution < -0.4 is 10.1 Å². The van der Waals surface area contributed by atoms with Crippen molar-refractivity contribution in [3.63, 3.8) is 0 Å². The highest BCUT2D eigenvalue weighted by Gasteiger charge is 2.15. The Morgan fingerprint density at radius 3 is 2.81 bits per heavy atom. The number of nitro benzene ring substituents is 1. The zero-order valence-corrected chi connectivity index (χ0v) is 12.8. The maximum Gasteiger partial charge on any atom is 0.296 e. The molecule has 0 aliphatic heterocycles. The molecular formula is C14H13BrN2O4. The lowest BCUT2D eigenvalue weighted by Crippen LogP contribution is -2.03. The van der Waals surface area contributed by atoms with Crippen LogP contribution in [0.15, 0.2) is 40.9 Å². The van der Waals surface area contributed by atoms with Crippen LogP contribution in [0.25, 0.3) is 0 Å². The second-order valence-electron chi connectivity index (χ2n) is 4.24. The van der Waals surface area contributed by atoms with Gasteiger partial charge in [-0.1, -0.05) is 12.1 Å². The van der Waals surface area contributed by atoms with E-state index in [0.717, 1.165) is 0 Å². The molecule has 0 aliphatic rings. The lowest BCUT2D eigenvalue weighted by molar-refractivity contribution is -0.384. The topological polar surface area (TPSA) is 84.6 Å². The summed E-state index contributed by atoms with van der Waals surface area (Å²) in [5, 5.41) is 23.9. The summed E-state index contributed by atoms with van der Waals surface area (Å²) in [4.78, 5) is 10.6. The fourth-order valence-corrected chi connectivity index (χ4v) is 2.24. The van der Waals surface area contributed by atoms with E-state index in [1.165, 1.54) is 13.2 Å². The van der Waals surface area contributed by atoms with E-state index in [-0.39, 0.29) is 18.0 Å². The van der Waals surface area contributed by atoms with Gasteiger partial charge in [-0.25, -0.2) is 0 Å². The lowest BCUT2D eigenvalue weighted by atomic mass is 10.2. The van der Waals surface area contributed by atoms with E-state index < -0.39 is 4.92 Å². The Labute approximate surface area is 129 Å². The minimum Gasteiger partial charge on any atom is -0.506 e. The van der Waals surface area contributed by atoms with Gasteiger partial charge >= 0.3 is 0 Å². The molecule has 7 heteroatoms. The van der Waals surface area contributed by atoms with Crippen molar-refractivity contribution in [3.05, 3.63) is 56.5 Å². The standard InChI is InChI=1S/C14H13BrN2O4/c1-21-10-5-6-12(13(7-10)17(19)20)16-8-9-3-2-4-11(15)14(9)18/h2-7,16,18H,8H2,1H3. The largest absolute Gasteiger partial charge is 0.506 e. The number of aromatic hydroxyl groups is 1. The molecule has 0 aliphatic carbocycles. The maximum atomic E-state index is 11.1. The molecule has 2 aromatic rings. The smallest absolute Gasteiger partial charge is 0.296 e. The molecule has 0 unspecified atom stereocenters. The van der Waals surface area contributed by atoms with Gasteiger partial charge in [0.2, 0.25) is 0 Å². The number of nitrogens with one attached hydrogen (secondary N) is 1. The predicted octanol–water partition coefficient (Wildman–Crippen LogP) is 3.68. The average Bonchev–Trinajstić information content (AvgIpc) is 2.48. The van der Waals surface area contributed by atoms with E-state index in [0.29, 0.717) is 21.5 Å². The molecule has 110 valence electrons. The number of hydrogen-bond acceptors (Lipinski definition) is 5. The van der Waals surface area contributed by atoms with Crippen molar-refractivity contribution in [1.82, 2.24) is 0 Å². The monoisotopic (exact) mass is 352 g/mol. The highest BCUT2D eigenvalue weighted by atomic mass is 79.9. The van der Waals surface area contributed by atoms with Crippen LogP contribution in [-0.4, -0.2) is 17.1 Å². The van der Waals surface area contributed by atoms with Crippen molar-refractivity contribution in [3.8, 4) is 11.5 Å². The van der Waals surface area contributed by atoms with E-state index in [1.54, 1.807) is 30.3 Å². The van der Waals surface area contributed by atoms with Gasteiger partial charge in [0.25, 0.3) is 5.69 Å². The van der Waals surface area contributed by atoms with Crippen LogP contribution >= 0.6 is 15.9 Å². The molecule has 2 aromatic carbocycles. The van der Waals surface area contributed by atoms with Gasteiger partial charge in [0, 0.05) is 12.1 Å². The highest BCUT2D eigenvalue weighted by molar-refractivity contribution is 9.10. The number of para-hydroxylation sites is 1. The van der Waals surface area contributed by atoms with Crippen LogP contribution in [0.5, 0.6) is 11.5 Å². The summed E-state index contributed by atoms with van der Waals surface area (Å²) in [6.07, 6.45) is 0. The quantitative estimate of drug-likeness (QED) is 0.633. The summed E-state index contributed by atoms with van der Waals surface area (Å²) < 4.78 is 5.55. The minimum absolute atomic E-state index is 0.0798. The number of ether oxygens (including phenoxy) is 1. The molecule has 0 saturated heterocycles. The highest BCUT2D eigenvalue weighted by Crippen LogP contribution is 2.31. The molecule has 0 aromatic heterocycles. The van der Waals surface area contributed by atoms with Gasteiger partial charge in [-0.15, -0.1) is 0 Å². The molecule has 2 N–H and O–H groups in total. The number of phenolic OH excluding ortho intramolecular Hbond substituents is 1. The number of hydrogen-bond donors (Lipinski definition) is 2. The first-order valence-electron chi connectivity index (χ1n) is 6.05. The van der Waals surface area contributed by atoms with Gasteiger partial charge in [0.05, 0.1) is 22.6 Å². The Balaban J connectivity index is 2.23. The Morgan fingerprint density at radius 2 is 2.14 bits per heavy atom. The molecule has 0 heterocycles. The zero-order valence-electron chi connectivity index (χ0n) is 11.2. The SMILES string of the molecule is COc1ccc(NCc2cccc(Br)c2O)c([N+](=O)[O-])c1. The van der Waals surface area contributed by atoms with Crippen LogP contribution in [0, 0.1) is 10.1 Å². The molecule has 0 amide bonds. The Bertz CT molecular complexity index is 676. The number of nitro groups is 1. The van der Waals surface area contributed by atoms with Crippen LogP contribution in [0.2, 0.25) is 0 Å². The Hall–Kier alpha value is -2.28. The number of phenols is 1. The summed E-state index contributed by atoms with van der Waals surface area (Å²) in [6, 6.07) is 9.80. The van der Waals surface area contributed by atoms with Gasteiger partial charge in [-0.2, -0.15) is 0 Å². The maximum absolute atomic E-state index is 11.1. The number of nitrogens with zero attached hydrogens (tertiary/aromatic N) is 1. The van der Waals surface area contributed by atoms with Crippen LogP contribution in [0.1, 0.15) is 5.56 Å². The van der Waals surface area contributed by atoms with Crippen molar-refractivity contribution >= 4 is 27.3 Å². The number of rotatable bonds is 5. The molecular weight excluding hydrogens is 340 g/mol. The molecule has 6 nitrogen and oxygen atoms in total. The molecule has 0 bridgehead atoms. The second-order valence-corrected chi connectivity index (χ2v) is 5.10. The Kier molecular flexibility index (Phi) is 4.64. The van der Waals surface area contributed by atoms with Crippen LogP contribution in [-0.2, 0) is 6.54 Å². The molecule has 0 fully saturated rings. The third kappa shape index (κ3) is 3.43. The van der Waals surface area contributed by atoms with E-state index in [2.05, 4.69) is 21.2 Å². The fourth-order valence-electron chi connectivity index (χ4n) is 1.83. The molecule has 0 atom stereocenters. The van der Waals surface area contributed by atoms with Gasteiger partial charge in [0.15, 0.2) is 0 Å². The minimum atomic E-state index is -0.481. The van der Waals surface area contributed by atoms with Gasteiger partial charge in [-0.05, 0) is 34.1 Å². The van der Waals surface area contributed by atoms with Gasteiger partial charge in [-0.3, -0.25) is 10.1 Å². The first-order chi connectivity index (χ1) is 10.0. The normalized spacial score (nSPS) is 10.2. The molecule has 0 spiro atoms. The summed E-state index contributed by atoms with van der Waals surface area (Å²) in [6.45, 7) is 0.262. The van der Waals surface area contributed by atoms with Gasteiger partial charge in [0.1, 0.15) is 17.2 Å². The van der Waals surface area contributed by atoms with Gasteiger partial charge < -0.3 is 15.2 Å². The third-order valence-corrected chi connectivity index (χ3v) is 3.58. The van der Waals surface area contributed by atoms with E-state index in [1.807, 2.05) is 0 Å². The summed E-state index contributed by atoms with van der Waals surface area (Å²) in [5.74, 6) is 0.527. The van der Waals surface area contributed by atoms with Crippen molar-refractivity contribution in [2.24, 2.45) is 0 Å². The lowest BCUT2D eigenvalue weighted by Gasteiger charge is -2.10. The van der Waals surface area contributed by atoms with E-state index >= 15 is 0 Å². The summed E-state index contributed by atoms with van der Waals surface area (Å²) in [5.41, 5.74) is 0.915. The van der Waals surface area contributed by atoms with E-state index in [9.17, 15) is 15.2 Å². The summed E-state index contributed by atoms with van der Waals surface area (Å²) >= 11 is 3.23. The van der Waals surface area contributed by atoms with Crippen molar-refractivity contribution in [2.75, 3.05) is 12.4 Å². The van der Waals surface area contributed by atoms with Crippen molar-refractivity contribution < 1.29 is 14.8 Å². The number of anilines is 1. The molecule has 2 rings (SSSR count). The fraction of sp³-hybridized carbons (Fsp3) is 0.143. The number of halogens is 1. The van der Waals surface area contributed by atoms with Crippen molar-refractivity contribution in [2.45, 2.75) is 6.54 Å². The predicted molar refractivity (Wildman–Crippen MR) is 82.8 cm³/mol. The Morgan fingerprint density at radius 1 is 1.38 bits per heavy atom. The first kappa shape index (κ1) is 15.1. The first-order valence-corrected chi connectivity index (χ1v) is 6.85. The van der Waals surface area contributed by atoms with Crippen molar-refractivity contribution in [1.29, 1.82) is 0 Å². The molecule has 21 heavy (non-hydrogen) atoms. The summed E-state index contributed by atoms with van der Waals surface area (Å²) in [7, 11) is 1.45. The van der Waals surface area contributed by atoms with E-state index in [4.69, 9.17) is 4.74 Å². The third-order valence-electron chi connectivity index (χ3n) is 2.94. The van der Waals surface area contributed by atoms with Crippen LogP contribution in [0.3, 0.4) is 0 Å². The average molecular weight is 353 g/mol.